The van der Waals surface area contributed by atoms with Crippen molar-refractivity contribution in [2.75, 3.05) is 12.3 Å². The average Bonchev–Trinajstić information content (AvgIpc) is 2.41. The molecule has 0 spiro atoms. The minimum absolute atomic E-state index is 0.105. The van der Waals surface area contributed by atoms with Crippen molar-refractivity contribution >= 4 is 5.82 Å². The minimum Gasteiger partial charge on any atom is -0.383 e. The maximum Gasteiger partial charge on any atom is 0.128 e. The first-order valence-corrected chi connectivity index (χ1v) is 6.72. The zero-order chi connectivity index (χ0) is 13.7. The number of nitrogens with one attached hydrogen (secondary N) is 1. The first kappa shape index (κ1) is 13.6. The van der Waals surface area contributed by atoms with Crippen LogP contribution in [0.15, 0.2) is 42.6 Å². The summed E-state index contributed by atoms with van der Waals surface area (Å²) in [6.07, 6.45) is 2.81. The summed E-state index contributed by atoms with van der Waals surface area (Å²) in [4.78, 5) is 4.19. The second kappa shape index (κ2) is 6.34. The summed E-state index contributed by atoms with van der Waals surface area (Å²) in [6.45, 7) is 5.22. The van der Waals surface area contributed by atoms with Crippen LogP contribution in [-0.2, 0) is 0 Å². The van der Waals surface area contributed by atoms with E-state index in [2.05, 4.69) is 48.4 Å². The first-order chi connectivity index (χ1) is 9.22. The molecule has 0 aliphatic heterocycles. The van der Waals surface area contributed by atoms with Gasteiger partial charge in [-0.25, -0.2) is 4.98 Å². The van der Waals surface area contributed by atoms with Crippen LogP contribution in [0.3, 0.4) is 0 Å². The fraction of sp³-hybridized carbons (Fsp3) is 0.312. The lowest BCUT2D eigenvalue weighted by Gasteiger charge is -2.21. The van der Waals surface area contributed by atoms with Gasteiger partial charge < -0.3 is 11.1 Å². The van der Waals surface area contributed by atoms with Crippen LogP contribution in [0.2, 0.25) is 0 Å². The second-order valence-electron chi connectivity index (χ2n) is 4.78. The molecule has 2 rings (SSSR count). The summed E-state index contributed by atoms with van der Waals surface area (Å²) < 4.78 is 0. The second-order valence-corrected chi connectivity index (χ2v) is 4.78. The Kier molecular flexibility index (Phi) is 4.53. The van der Waals surface area contributed by atoms with Gasteiger partial charge in [-0.1, -0.05) is 42.8 Å². The van der Waals surface area contributed by atoms with E-state index in [-0.39, 0.29) is 6.04 Å². The summed E-state index contributed by atoms with van der Waals surface area (Å²) in [5.74, 6) is 0.595. The molecule has 0 aliphatic rings. The number of rotatable bonds is 5. The van der Waals surface area contributed by atoms with Gasteiger partial charge in [0.15, 0.2) is 0 Å². The number of nitrogens with two attached hydrogens (primary N) is 1. The molecule has 2 aromatic rings. The monoisotopic (exact) mass is 255 g/mol. The number of aryl methyl sites for hydroxylation is 1. The Labute approximate surface area is 114 Å². The van der Waals surface area contributed by atoms with Gasteiger partial charge in [-0.05, 0) is 31.5 Å². The van der Waals surface area contributed by atoms with Gasteiger partial charge in [0.1, 0.15) is 5.82 Å². The fourth-order valence-electron chi connectivity index (χ4n) is 2.22. The van der Waals surface area contributed by atoms with E-state index in [1.165, 1.54) is 11.1 Å². The van der Waals surface area contributed by atoms with Gasteiger partial charge in [0, 0.05) is 11.8 Å². The van der Waals surface area contributed by atoms with Crippen LogP contribution >= 0.6 is 0 Å². The molecule has 0 aliphatic carbocycles. The van der Waals surface area contributed by atoms with Crippen molar-refractivity contribution in [3.05, 3.63) is 59.3 Å². The summed E-state index contributed by atoms with van der Waals surface area (Å²) in [5, 5.41) is 3.55. The van der Waals surface area contributed by atoms with Gasteiger partial charge in [0.2, 0.25) is 0 Å². The Morgan fingerprint density at radius 1 is 1.26 bits per heavy atom. The minimum atomic E-state index is 0.105. The smallest absolute Gasteiger partial charge is 0.128 e. The van der Waals surface area contributed by atoms with Crippen LogP contribution in [-0.4, -0.2) is 11.5 Å². The van der Waals surface area contributed by atoms with E-state index in [0.717, 1.165) is 18.5 Å². The highest BCUT2D eigenvalue weighted by atomic mass is 14.9. The number of anilines is 1. The van der Waals surface area contributed by atoms with Crippen LogP contribution in [0, 0.1) is 6.92 Å². The van der Waals surface area contributed by atoms with Gasteiger partial charge in [-0.15, -0.1) is 0 Å². The number of hydrogen-bond donors (Lipinski definition) is 2. The molecular weight excluding hydrogens is 234 g/mol. The summed E-state index contributed by atoms with van der Waals surface area (Å²) in [6, 6.07) is 12.6. The molecule has 0 fully saturated rings. The van der Waals surface area contributed by atoms with Crippen LogP contribution in [0.5, 0.6) is 0 Å². The lowest BCUT2D eigenvalue weighted by Crippen LogP contribution is -2.24. The van der Waals surface area contributed by atoms with Gasteiger partial charge in [-0.2, -0.15) is 0 Å². The first-order valence-electron chi connectivity index (χ1n) is 6.72. The van der Waals surface area contributed by atoms with E-state index < -0.39 is 0 Å². The molecule has 0 saturated heterocycles. The number of hydrogen-bond acceptors (Lipinski definition) is 3. The Morgan fingerprint density at radius 2 is 2.11 bits per heavy atom. The largest absolute Gasteiger partial charge is 0.383 e. The van der Waals surface area contributed by atoms with Gasteiger partial charge in [0.05, 0.1) is 6.04 Å². The molecule has 0 amide bonds. The third kappa shape index (κ3) is 3.32. The summed E-state index contributed by atoms with van der Waals surface area (Å²) >= 11 is 0. The number of nitrogen functional groups attached to an aromatic ring is 1. The molecule has 3 nitrogen and oxygen atoms in total. The predicted octanol–water partition coefficient (Wildman–Crippen LogP) is 3.06. The maximum atomic E-state index is 6.02. The van der Waals surface area contributed by atoms with E-state index >= 15 is 0 Å². The Bertz CT molecular complexity index is 537. The van der Waals surface area contributed by atoms with Gasteiger partial charge >= 0.3 is 0 Å². The van der Waals surface area contributed by atoms with Gasteiger partial charge in [-0.3, -0.25) is 0 Å². The third-order valence-electron chi connectivity index (χ3n) is 3.16. The molecule has 0 radical (unpaired) electrons. The molecule has 0 saturated carbocycles. The molecule has 0 bridgehead atoms. The van der Waals surface area contributed by atoms with Crippen LogP contribution in [0.4, 0.5) is 5.82 Å². The SMILES string of the molecule is CCCNC(c1cccc(C)c1)c1cccnc1N. The summed E-state index contributed by atoms with van der Waals surface area (Å²) in [5.41, 5.74) is 9.54. The van der Waals surface area contributed by atoms with Crippen LogP contribution in [0.25, 0.3) is 0 Å². The lowest BCUT2D eigenvalue weighted by atomic mass is 9.97. The van der Waals surface area contributed by atoms with E-state index in [1.807, 2.05) is 12.1 Å². The Morgan fingerprint density at radius 3 is 2.79 bits per heavy atom. The van der Waals surface area contributed by atoms with Crippen molar-refractivity contribution < 1.29 is 0 Å². The quantitative estimate of drug-likeness (QED) is 0.863. The molecule has 3 heteroatoms. The number of pyridine rings is 1. The van der Waals surface area contributed by atoms with Crippen molar-refractivity contribution in [1.82, 2.24) is 10.3 Å². The molecule has 1 heterocycles. The molecule has 1 aromatic heterocycles. The predicted molar refractivity (Wildman–Crippen MR) is 80.0 cm³/mol. The van der Waals surface area contributed by atoms with E-state index in [9.17, 15) is 0 Å². The zero-order valence-corrected chi connectivity index (χ0v) is 11.6. The number of benzene rings is 1. The van der Waals surface area contributed by atoms with Crippen LogP contribution < -0.4 is 11.1 Å². The maximum absolute atomic E-state index is 6.02. The topological polar surface area (TPSA) is 50.9 Å². The standard InChI is InChI=1S/C16H21N3/c1-3-9-18-15(13-7-4-6-12(2)11-13)14-8-5-10-19-16(14)17/h4-8,10-11,15,18H,3,9H2,1-2H3,(H2,17,19). The van der Waals surface area contributed by atoms with Crippen molar-refractivity contribution in [2.45, 2.75) is 26.3 Å². The van der Waals surface area contributed by atoms with E-state index in [4.69, 9.17) is 5.73 Å². The number of aromatic nitrogens is 1. The number of nitrogens with zero attached hydrogens (tertiary/aromatic N) is 1. The lowest BCUT2D eigenvalue weighted by molar-refractivity contribution is 0.598. The molecular formula is C16H21N3. The van der Waals surface area contributed by atoms with Crippen LogP contribution in [0.1, 0.15) is 36.1 Å². The normalized spacial score (nSPS) is 12.3. The molecule has 1 atom stereocenters. The Balaban J connectivity index is 2.38. The highest BCUT2D eigenvalue weighted by molar-refractivity contribution is 5.46. The van der Waals surface area contributed by atoms with Crippen molar-refractivity contribution in [3.63, 3.8) is 0 Å². The fourth-order valence-corrected chi connectivity index (χ4v) is 2.22. The van der Waals surface area contributed by atoms with E-state index in [0.29, 0.717) is 5.82 Å². The Hall–Kier alpha value is -1.87. The van der Waals surface area contributed by atoms with Crippen molar-refractivity contribution in [3.8, 4) is 0 Å². The molecule has 1 aromatic carbocycles. The van der Waals surface area contributed by atoms with Crippen molar-refractivity contribution in [1.29, 1.82) is 0 Å². The van der Waals surface area contributed by atoms with E-state index in [1.54, 1.807) is 6.20 Å². The van der Waals surface area contributed by atoms with Crippen molar-refractivity contribution in [2.24, 2.45) is 0 Å². The highest BCUT2D eigenvalue weighted by Crippen LogP contribution is 2.25. The summed E-state index contributed by atoms with van der Waals surface area (Å²) in [7, 11) is 0. The third-order valence-corrected chi connectivity index (χ3v) is 3.16. The molecule has 1 unspecified atom stereocenters. The highest BCUT2D eigenvalue weighted by Gasteiger charge is 2.16. The zero-order valence-electron chi connectivity index (χ0n) is 11.6. The average molecular weight is 255 g/mol. The molecule has 100 valence electrons. The molecule has 19 heavy (non-hydrogen) atoms. The molecule has 3 N–H and O–H groups in total. The van der Waals surface area contributed by atoms with Gasteiger partial charge in [0.25, 0.3) is 0 Å².